The van der Waals surface area contributed by atoms with E-state index in [9.17, 15) is 0 Å². The van der Waals surface area contributed by atoms with E-state index in [1.54, 1.807) is 0 Å². The molecule has 3 nitrogen and oxygen atoms in total. The van der Waals surface area contributed by atoms with Gasteiger partial charge >= 0.3 is 0 Å². The van der Waals surface area contributed by atoms with Gasteiger partial charge in [-0.05, 0) is 12.5 Å². The molecule has 0 aromatic carbocycles. The van der Waals surface area contributed by atoms with Crippen LogP contribution in [0.4, 0.5) is 11.4 Å². The van der Waals surface area contributed by atoms with Crippen LogP contribution >= 0.6 is 0 Å². The lowest BCUT2D eigenvalue weighted by molar-refractivity contribution is 0.833. The summed E-state index contributed by atoms with van der Waals surface area (Å²) in [6.45, 7) is 3.21. The van der Waals surface area contributed by atoms with Gasteiger partial charge in [-0.25, -0.2) is 0 Å². The quantitative estimate of drug-likeness (QED) is 0.728. The molecule has 0 radical (unpaired) electrons. The Morgan fingerprint density at radius 3 is 2.86 bits per heavy atom. The van der Waals surface area contributed by atoms with E-state index in [0.29, 0.717) is 0 Å². The van der Waals surface area contributed by atoms with Crippen molar-refractivity contribution in [3.63, 3.8) is 0 Å². The van der Waals surface area contributed by atoms with Gasteiger partial charge in [0.15, 0.2) is 0 Å². The van der Waals surface area contributed by atoms with Crippen LogP contribution in [0.1, 0.15) is 19.8 Å². The van der Waals surface area contributed by atoms with E-state index in [1.165, 1.54) is 18.5 Å². The monoisotopic (exact) mass is 193 g/mol. The Balaban J connectivity index is 2.64. The van der Waals surface area contributed by atoms with Gasteiger partial charge in [0.2, 0.25) is 0 Å². The zero-order valence-corrected chi connectivity index (χ0v) is 9.25. The van der Waals surface area contributed by atoms with Crippen molar-refractivity contribution in [3.8, 4) is 0 Å². The Morgan fingerprint density at radius 2 is 2.21 bits per heavy atom. The molecule has 1 aromatic heterocycles. The molecule has 0 aliphatic rings. The molecule has 0 aliphatic heterocycles. The summed E-state index contributed by atoms with van der Waals surface area (Å²) in [5, 5.41) is 3.39. The third-order valence-corrected chi connectivity index (χ3v) is 2.13. The van der Waals surface area contributed by atoms with E-state index in [2.05, 4.69) is 22.1 Å². The van der Waals surface area contributed by atoms with Crippen LogP contribution in [0.3, 0.4) is 0 Å². The number of rotatable bonds is 5. The number of pyridine rings is 1. The zero-order valence-electron chi connectivity index (χ0n) is 9.25. The van der Waals surface area contributed by atoms with Crippen LogP contribution in [-0.2, 0) is 0 Å². The van der Waals surface area contributed by atoms with Crippen molar-refractivity contribution in [3.05, 3.63) is 18.5 Å². The van der Waals surface area contributed by atoms with E-state index >= 15 is 0 Å². The number of nitrogens with zero attached hydrogens (tertiary/aromatic N) is 2. The fourth-order valence-corrected chi connectivity index (χ4v) is 1.31. The fourth-order valence-electron chi connectivity index (χ4n) is 1.31. The van der Waals surface area contributed by atoms with Crippen molar-refractivity contribution in [1.82, 2.24) is 4.98 Å². The number of hydrogen-bond donors (Lipinski definition) is 1. The number of aromatic nitrogens is 1. The summed E-state index contributed by atoms with van der Waals surface area (Å²) in [6.07, 6.45) is 6.11. The summed E-state index contributed by atoms with van der Waals surface area (Å²) in [4.78, 5) is 6.21. The molecule has 0 fully saturated rings. The van der Waals surface area contributed by atoms with Gasteiger partial charge < -0.3 is 10.2 Å². The Kier molecular flexibility index (Phi) is 4.23. The maximum Gasteiger partial charge on any atom is 0.0764 e. The third-order valence-electron chi connectivity index (χ3n) is 2.13. The van der Waals surface area contributed by atoms with Crippen molar-refractivity contribution in [1.29, 1.82) is 0 Å². The minimum absolute atomic E-state index is 1.02. The van der Waals surface area contributed by atoms with E-state index in [1.807, 2.05) is 32.6 Å². The second-order valence-electron chi connectivity index (χ2n) is 3.57. The molecular formula is C11H19N3. The van der Waals surface area contributed by atoms with Gasteiger partial charge in [0, 0.05) is 26.8 Å². The van der Waals surface area contributed by atoms with Crippen LogP contribution in [-0.4, -0.2) is 25.6 Å². The first kappa shape index (κ1) is 10.8. The molecule has 0 saturated carbocycles. The van der Waals surface area contributed by atoms with E-state index < -0.39 is 0 Å². The molecule has 0 amide bonds. The minimum Gasteiger partial charge on any atom is -0.382 e. The van der Waals surface area contributed by atoms with Crippen LogP contribution in [0.15, 0.2) is 18.5 Å². The van der Waals surface area contributed by atoms with Gasteiger partial charge in [0.25, 0.3) is 0 Å². The van der Waals surface area contributed by atoms with Gasteiger partial charge in [-0.2, -0.15) is 0 Å². The molecule has 0 spiro atoms. The van der Waals surface area contributed by atoms with Crippen LogP contribution < -0.4 is 10.2 Å². The van der Waals surface area contributed by atoms with Gasteiger partial charge in [-0.15, -0.1) is 0 Å². The molecule has 0 unspecified atom stereocenters. The lowest BCUT2D eigenvalue weighted by Gasteiger charge is -2.17. The normalized spacial score (nSPS) is 9.93. The molecule has 0 atom stereocenters. The summed E-state index contributed by atoms with van der Waals surface area (Å²) in [7, 11) is 4.08. The Labute approximate surface area is 86.2 Å². The Bertz CT molecular complexity index is 271. The van der Waals surface area contributed by atoms with Gasteiger partial charge in [-0.1, -0.05) is 13.3 Å². The van der Waals surface area contributed by atoms with Crippen molar-refractivity contribution >= 4 is 11.4 Å². The molecule has 3 heteroatoms. The lowest BCUT2D eigenvalue weighted by Crippen LogP contribution is -2.12. The molecular weight excluding hydrogens is 174 g/mol. The standard InChI is InChI=1S/C11H19N3/c1-4-5-7-13-10-9-12-8-6-11(10)14(2)3/h6,8-9,13H,4-5,7H2,1-3H3. The average molecular weight is 193 g/mol. The molecule has 78 valence electrons. The lowest BCUT2D eigenvalue weighted by atomic mass is 10.3. The number of anilines is 2. The van der Waals surface area contributed by atoms with Crippen LogP contribution in [0.25, 0.3) is 0 Å². The highest BCUT2D eigenvalue weighted by atomic mass is 15.1. The van der Waals surface area contributed by atoms with Crippen molar-refractivity contribution in [2.45, 2.75) is 19.8 Å². The van der Waals surface area contributed by atoms with Gasteiger partial charge in [0.05, 0.1) is 17.6 Å². The first-order chi connectivity index (χ1) is 6.75. The molecule has 0 aliphatic carbocycles. The van der Waals surface area contributed by atoms with Crippen molar-refractivity contribution in [2.75, 3.05) is 30.9 Å². The first-order valence-corrected chi connectivity index (χ1v) is 5.11. The molecule has 1 N–H and O–H groups in total. The largest absolute Gasteiger partial charge is 0.382 e. The van der Waals surface area contributed by atoms with Gasteiger partial charge in [-0.3, -0.25) is 4.98 Å². The number of unbranched alkanes of at least 4 members (excludes halogenated alkanes) is 1. The zero-order chi connectivity index (χ0) is 10.4. The highest BCUT2D eigenvalue weighted by molar-refractivity contribution is 5.67. The van der Waals surface area contributed by atoms with E-state index in [4.69, 9.17) is 0 Å². The fraction of sp³-hybridized carbons (Fsp3) is 0.545. The highest BCUT2D eigenvalue weighted by Gasteiger charge is 2.02. The molecule has 1 rings (SSSR count). The second kappa shape index (κ2) is 5.47. The summed E-state index contributed by atoms with van der Waals surface area (Å²) < 4.78 is 0. The summed E-state index contributed by atoms with van der Waals surface area (Å²) >= 11 is 0. The van der Waals surface area contributed by atoms with Crippen molar-refractivity contribution < 1.29 is 0 Å². The molecule has 14 heavy (non-hydrogen) atoms. The third kappa shape index (κ3) is 2.91. The maximum atomic E-state index is 4.12. The highest BCUT2D eigenvalue weighted by Crippen LogP contribution is 2.21. The predicted molar refractivity (Wildman–Crippen MR) is 62.0 cm³/mol. The average Bonchev–Trinajstić information content (AvgIpc) is 2.19. The molecule has 0 bridgehead atoms. The van der Waals surface area contributed by atoms with Crippen LogP contribution in [0.5, 0.6) is 0 Å². The number of hydrogen-bond acceptors (Lipinski definition) is 3. The Hall–Kier alpha value is -1.25. The topological polar surface area (TPSA) is 28.2 Å². The predicted octanol–water partition coefficient (Wildman–Crippen LogP) is 2.36. The Morgan fingerprint density at radius 1 is 1.43 bits per heavy atom. The van der Waals surface area contributed by atoms with Crippen LogP contribution in [0, 0.1) is 0 Å². The minimum atomic E-state index is 1.02. The molecule has 1 aromatic rings. The smallest absolute Gasteiger partial charge is 0.0764 e. The van der Waals surface area contributed by atoms with Crippen LogP contribution in [0.2, 0.25) is 0 Å². The number of nitrogens with one attached hydrogen (secondary N) is 1. The van der Waals surface area contributed by atoms with E-state index in [-0.39, 0.29) is 0 Å². The summed E-state index contributed by atoms with van der Waals surface area (Å²) in [5.74, 6) is 0. The molecule has 1 heterocycles. The SMILES string of the molecule is CCCCNc1cnccc1N(C)C. The molecule has 0 saturated heterocycles. The summed E-state index contributed by atoms with van der Waals surface area (Å²) in [6, 6.07) is 2.02. The first-order valence-electron chi connectivity index (χ1n) is 5.11. The summed E-state index contributed by atoms with van der Waals surface area (Å²) in [5.41, 5.74) is 2.31. The second-order valence-corrected chi connectivity index (χ2v) is 3.57. The van der Waals surface area contributed by atoms with E-state index in [0.717, 1.165) is 12.2 Å². The van der Waals surface area contributed by atoms with Gasteiger partial charge in [0.1, 0.15) is 0 Å². The van der Waals surface area contributed by atoms with Crippen molar-refractivity contribution in [2.24, 2.45) is 0 Å². The maximum absolute atomic E-state index is 4.12.